The molecule has 8 nitrogen and oxygen atoms in total. The third kappa shape index (κ3) is 3.41. The van der Waals surface area contributed by atoms with Gasteiger partial charge in [0.25, 0.3) is 11.8 Å². The topological polar surface area (TPSA) is 94.1 Å². The Hall–Kier alpha value is -3.37. The molecule has 0 unspecified atom stereocenters. The van der Waals surface area contributed by atoms with Crippen LogP contribution in [0.5, 0.6) is 0 Å². The number of fused-ring (bicyclic) bond motifs is 1. The van der Waals surface area contributed by atoms with Gasteiger partial charge in [0.05, 0.1) is 10.5 Å². The summed E-state index contributed by atoms with van der Waals surface area (Å²) in [6.45, 7) is 2.38. The van der Waals surface area contributed by atoms with Crippen molar-refractivity contribution in [3.8, 4) is 23.0 Å². The smallest absolute Gasteiger partial charge is 0.268 e. The molecule has 0 aliphatic carbocycles. The molecule has 0 radical (unpaired) electrons. The van der Waals surface area contributed by atoms with Gasteiger partial charge in [0, 0.05) is 37.8 Å². The number of rotatable bonds is 4. The van der Waals surface area contributed by atoms with Crippen LogP contribution in [0.25, 0.3) is 23.0 Å². The molecule has 2 aromatic heterocycles. The summed E-state index contributed by atoms with van der Waals surface area (Å²) in [5.74, 6) is -0.312. The minimum absolute atomic E-state index is 0.0393. The number of benzene rings is 2. The molecule has 0 saturated carbocycles. The van der Waals surface area contributed by atoms with Crippen molar-refractivity contribution in [2.45, 2.75) is 24.8 Å². The summed E-state index contributed by atoms with van der Waals surface area (Å²) in [5.41, 5.74) is 3.20. The van der Waals surface area contributed by atoms with Crippen LogP contribution in [0.4, 0.5) is 4.39 Å². The van der Waals surface area contributed by atoms with Crippen molar-refractivity contribution in [3.63, 3.8) is 0 Å². The van der Waals surface area contributed by atoms with Crippen molar-refractivity contribution >= 4 is 10.0 Å². The predicted octanol–water partition coefficient (Wildman–Crippen LogP) is 3.33. The van der Waals surface area contributed by atoms with Gasteiger partial charge in [-0.25, -0.2) is 12.8 Å². The Labute approximate surface area is 184 Å². The van der Waals surface area contributed by atoms with Crippen molar-refractivity contribution in [1.29, 1.82) is 0 Å². The molecular weight excluding hydrogens is 433 g/mol. The van der Waals surface area contributed by atoms with E-state index in [0.29, 0.717) is 24.2 Å². The van der Waals surface area contributed by atoms with Crippen LogP contribution in [-0.2, 0) is 30.0 Å². The maximum absolute atomic E-state index is 14.1. The third-order valence-corrected chi connectivity index (χ3v) is 7.46. The Morgan fingerprint density at radius 3 is 2.50 bits per heavy atom. The van der Waals surface area contributed by atoms with Crippen molar-refractivity contribution in [2.75, 3.05) is 6.54 Å². The monoisotopic (exact) mass is 453 g/mol. The van der Waals surface area contributed by atoms with E-state index in [2.05, 4.69) is 15.3 Å². The lowest BCUT2D eigenvalue weighted by Crippen LogP contribution is -2.36. The highest BCUT2D eigenvalue weighted by molar-refractivity contribution is 7.89. The van der Waals surface area contributed by atoms with Gasteiger partial charge in [0.2, 0.25) is 10.0 Å². The molecule has 32 heavy (non-hydrogen) atoms. The Bertz CT molecular complexity index is 1410. The van der Waals surface area contributed by atoms with Crippen LogP contribution in [0, 0.1) is 12.7 Å². The lowest BCUT2D eigenvalue weighted by molar-refractivity contribution is 0.386. The fourth-order valence-corrected chi connectivity index (χ4v) is 5.28. The molecule has 4 aromatic rings. The maximum atomic E-state index is 14.1. The maximum Gasteiger partial charge on any atom is 0.268 e. The Kier molecular flexibility index (Phi) is 4.90. The number of sulfonamides is 1. The molecular formula is C22H20FN5O3S. The molecule has 0 fully saturated rings. The summed E-state index contributed by atoms with van der Waals surface area (Å²) in [6, 6.07) is 12.9. The minimum Gasteiger partial charge on any atom is -0.414 e. The van der Waals surface area contributed by atoms with Gasteiger partial charge in [-0.2, -0.15) is 9.40 Å². The summed E-state index contributed by atoms with van der Waals surface area (Å²) < 4.78 is 49.4. The molecule has 0 spiro atoms. The minimum atomic E-state index is -3.67. The van der Waals surface area contributed by atoms with Gasteiger partial charge in [0.15, 0.2) is 5.69 Å². The summed E-state index contributed by atoms with van der Waals surface area (Å²) in [4.78, 5) is 0.247. The molecule has 164 valence electrons. The largest absolute Gasteiger partial charge is 0.414 e. The summed E-state index contributed by atoms with van der Waals surface area (Å²) in [7, 11) is -1.88. The van der Waals surface area contributed by atoms with E-state index in [1.54, 1.807) is 54.2 Å². The first kappa shape index (κ1) is 20.5. The van der Waals surface area contributed by atoms with Crippen LogP contribution in [-0.4, -0.2) is 39.2 Å². The SMILES string of the molecule is Cc1ccc(S(=O)(=O)N2CCc3c(c(-c4nnc(-c5ccccc5F)o4)nn3C)C2)cc1. The number of nitrogens with zero attached hydrogens (tertiary/aromatic N) is 5. The first-order valence-corrected chi connectivity index (χ1v) is 11.5. The van der Waals surface area contributed by atoms with Crippen LogP contribution in [0.3, 0.4) is 0 Å². The zero-order valence-electron chi connectivity index (χ0n) is 17.5. The Balaban J connectivity index is 1.51. The quantitative estimate of drug-likeness (QED) is 0.471. The zero-order valence-corrected chi connectivity index (χ0v) is 18.3. The number of hydrogen-bond donors (Lipinski definition) is 0. The average Bonchev–Trinajstić information content (AvgIpc) is 3.39. The van der Waals surface area contributed by atoms with Crippen LogP contribution in [0.1, 0.15) is 16.8 Å². The second-order valence-electron chi connectivity index (χ2n) is 7.69. The van der Waals surface area contributed by atoms with Crippen LogP contribution in [0.15, 0.2) is 57.8 Å². The molecule has 0 N–H and O–H groups in total. The lowest BCUT2D eigenvalue weighted by atomic mass is 10.1. The fourth-order valence-electron chi connectivity index (χ4n) is 3.87. The zero-order chi connectivity index (χ0) is 22.5. The van der Waals surface area contributed by atoms with Crippen molar-refractivity contribution in [3.05, 3.63) is 71.2 Å². The van der Waals surface area contributed by atoms with Crippen LogP contribution < -0.4 is 0 Å². The fraction of sp³-hybridized carbons (Fsp3) is 0.227. The predicted molar refractivity (Wildman–Crippen MR) is 114 cm³/mol. The average molecular weight is 453 g/mol. The van der Waals surface area contributed by atoms with Gasteiger partial charge in [0.1, 0.15) is 5.82 Å². The molecule has 0 saturated heterocycles. The molecule has 5 rings (SSSR count). The molecule has 1 aliphatic heterocycles. The van der Waals surface area contributed by atoms with Gasteiger partial charge >= 0.3 is 0 Å². The summed E-state index contributed by atoms with van der Waals surface area (Å²) in [5, 5.41) is 12.5. The molecule has 1 aliphatic rings. The Morgan fingerprint density at radius 2 is 1.75 bits per heavy atom. The van der Waals surface area contributed by atoms with E-state index >= 15 is 0 Å². The molecule has 0 atom stereocenters. The van der Waals surface area contributed by atoms with E-state index in [0.717, 1.165) is 11.3 Å². The first-order chi connectivity index (χ1) is 15.3. The highest BCUT2D eigenvalue weighted by atomic mass is 32.2. The molecule has 0 amide bonds. The van der Waals surface area contributed by atoms with Gasteiger partial charge in [-0.05, 0) is 31.2 Å². The van der Waals surface area contributed by atoms with E-state index < -0.39 is 15.8 Å². The van der Waals surface area contributed by atoms with Gasteiger partial charge in [-0.3, -0.25) is 4.68 Å². The lowest BCUT2D eigenvalue weighted by Gasteiger charge is -2.26. The van der Waals surface area contributed by atoms with E-state index in [-0.39, 0.29) is 28.8 Å². The van der Waals surface area contributed by atoms with Crippen molar-refractivity contribution in [2.24, 2.45) is 7.05 Å². The summed E-state index contributed by atoms with van der Waals surface area (Å²) >= 11 is 0. The van der Waals surface area contributed by atoms with Crippen LogP contribution in [0.2, 0.25) is 0 Å². The number of aromatic nitrogens is 4. The highest BCUT2D eigenvalue weighted by Crippen LogP contribution is 2.33. The van der Waals surface area contributed by atoms with E-state index in [1.807, 2.05) is 6.92 Å². The molecule has 2 aromatic carbocycles. The third-order valence-electron chi connectivity index (χ3n) is 5.60. The van der Waals surface area contributed by atoms with Crippen molar-refractivity contribution < 1.29 is 17.2 Å². The molecule has 0 bridgehead atoms. The first-order valence-electron chi connectivity index (χ1n) is 10.0. The highest BCUT2D eigenvalue weighted by Gasteiger charge is 2.33. The van der Waals surface area contributed by atoms with E-state index in [4.69, 9.17) is 4.42 Å². The van der Waals surface area contributed by atoms with Gasteiger partial charge in [-0.15, -0.1) is 10.2 Å². The number of hydrogen-bond acceptors (Lipinski definition) is 6. The normalized spacial score (nSPS) is 14.5. The molecule has 10 heteroatoms. The van der Waals surface area contributed by atoms with Gasteiger partial charge < -0.3 is 4.42 Å². The molecule has 3 heterocycles. The summed E-state index contributed by atoms with van der Waals surface area (Å²) in [6.07, 6.45) is 0.498. The number of halogens is 1. The van der Waals surface area contributed by atoms with E-state index in [9.17, 15) is 12.8 Å². The van der Waals surface area contributed by atoms with Crippen molar-refractivity contribution in [1.82, 2.24) is 24.3 Å². The van der Waals surface area contributed by atoms with Crippen LogP contribution >= 0.6 is 0 Å². The second kappa shape index (κ2) is 7.64. The standard InChI is InChI=1S/C22H20FN5O3S/c1-14-7-9-15(10-8-14)32(29,30)28-12-11-19-17(13-28)20(26-27(19)2)22-25-24-21(31-22)16-5-3-4-6-18(16)23/h3-10H,11-13H2,1-2H3. The second-order valence-corrected chi connectivity index (χ2v) is 9.63. The Morgan fingerprint density at radius 1 is 1.03 bits per heavy atom. The van der Waals surface area contributed by atoms with E-state index in [1.165, 1.54) is 10.4 Å². The van der Waals surface area contributed by atoms with Gasteiger partial charge in [-0.1, -0.05) is 29.8 Å². The number of aryl methyl sites for hydroxylation is 2.